The summed E-state index contributed by atoms with van der Waals surface area (Å²) >= 11 is 6.12. The first kappa shape index (κ1) is 13.6. The van der Waals surface area contributed by atoms with Crippen LogP contribution in [0.5, 0.6) is 0 Å². The van der Waals surface area contributed by atoms with Gasteiger partial charge in [0.05, 0.1) is 17.2 Å². The van der Waals surface area contributed by atoms with Crippen LogP contribution in [0.3, 0.4) is 0 Å². The zero-order chi connectivity index (χ0) is 13.2. The van der Waals surface area contributed by atoms with Gasteiger partial charge in [-0.25, -0.2) is 4.98 Å². The smallest absolute Gasteiger partial charge is 0.129 e. The maximum absolute atomic E-state index is 6.12. The molecule has 100 valence electrons. The monoisotopic (exact) mass is 269 g/mol. The van der Waals surface area contributed by atoms with Gasteiger partial charge in [-0.3, -0.25) is 0 Å². The molecule has 5 heteroatoms. The number of hydrogen-bond donors (Lipinski definition) is 1. The van der Waals surface area contributed by atoms with E-state index in [9.17, 15) is 0 Å². The second kappa shape index (κ2) is 5.43. The molecule has 0 radical (unpaired) electrons. The van der Waals surface area contributed by atoms with E-state index < -0.39 is 0 Å². The minimum Gasteiger partial charge on any atom is -0.372 e. The number of morpholine rings is 1. The van der Waals surface area contributed by atoms with Crippen molar-refractivity contribution < 1.29 is 4.74 Å². The summed E-state index contributed by atoms with van der Waals surface area (Å²) in [7, 11) is 1.91. The van der Waals surface area contributed by atoms with Gasteiger partial charge in [0.25, 0.3) is 0 Å². The number of halogens is 1. The fourth-order valence-corrected chi connectivity index (χ4v) is 2.35. The molecule has 1 aromatic heterocycles. The molecule has 0 amide bonds. The van der Waals surface area contributed by atoms with Gasteiger partial charge in [0, 0.05) is 25.8 Å². The lowest BCUT2D eigenvalue weighted by molar-refractivity contribution is -0.0279. The van der Waals surface area contributed by atoms with Crippen molar-refractivity contribution in [3.63, 3.8) is 0 Å². The summed E-state index contributed by atoms with van der Waals surface area (Å²) in [6, 6.07) is 2.06. The summed E-state index contributed by atoms with van der Waals surface area (Å²) in [5.74, 6) is 0.973. The fraction of sp³-hybridized carbons (Fsp3) is 0.615. The summed E-state index contributed by atoms with van der Waals surface area (Å²) < 4.78 is 5.71. The molecule has 1 N–H and O–H groups in total. The van der Waals surface area contributed by atoms with Crippen molar-refractivity contribution in [2.45, 2.75) is 26.0 Å². The van der Waals surface area contributed by atoms with Gasteiger partial charge in [0.2, 0.25) is 0 Å². The molecule has 0 atom stereocenters. The maximum atomic E-state index is 6.12. The number of rotatable bonds is 3. The third-order valence-electron chi connectivity index (χ3n) is 3.04. The summed E-state index contributed by atoms with van der Waals surface area (Å²) in [4.78, 5) is 6.67. The lowest BCUT2D eigenvalue weighted by Crippen LogP contribution is -2.48. The van der Waals surface area contributed by atoms with Gasteiger partial charge in [-0.15, -0.1) is 0 Å². The highest BCUT2D eigenvalue weighted by molar-refractivity contribution is 6.31. The molecule has 1 fully saturated rings. The molecule has 0 unspecified atom stereocenters. The lowest BCUT2D eigenvalue weighted by atomic mass is 10.1. The third-order valence-corrected chi connectivity index (χ3v) is 3.38. The van der Waals surface area contributed by atoms with Crippen molar-refractivity contribution in [2.24, 2.45) is 0 Å². The second-order valence-corrected chi connectivity index (χ2v) is 5.60. The van der Waals surface area contributed by atoms with E-state index in [1.54, 1.807) is 6.20 Å². The highest BCUT2D eigenvalue weighted by atomic mass is 35.5. The Morgan fingerprint density at radius 3 is 3.00 bits per heavy atom. The Kier molecular flexibility index (Phi) is 4.10. The molecule has 0 aliphatic carbocycles. The molecule has 2 rings (SSSR count). The van der Waals surface area contributed by atoms with E-state index in [2.05, 4.69) is 35.1 Å². The van der Waals surface area contributed by atoms with Crippen LogP contribution in [0.15, 0.2) is 12.3 Å². The molecule has 0 saturated carbocycles. The Morgan fingerprint density at radius 1 is 1.56 bits per heavy atom. The normalized spacial score (nSPS) is 19.0. The van der Waals surface area contributed by atoms with Crippen LogP contribution in [0.25, 0.3) is 0 Å². The van der Waals surface area contributed by atoms with Crippen LogP contribution in [-0.2, 0) is 11.3 Å². The number of anilines is 1. The number of ether oxygens (including phenoxy) is 1. The number of pyridine rings is 1. The van der Waals surface area contributed by atoms with Crippen molar-refractivity contribution in [2.75, 3.05) is 31.6 Å². The van der Waals surface area contributed by atoms with E-state index in [-0.39, 0.29) is 5.60 Å². The molecule has 1 aliphatic rings. The quantitative estimate of drug-likeness (QED) is 0.912. The van der Waals surface area contributed by atoms with E-state index in [1.807, 2.05) is 7.05 Å². The van der Waals surface area contributed by atoms with Crippen molar-refractivity contribution >= 4 is 17.4 Å². The Bertz CT molecular complexity index is 423. The molecule has 0 bridgehead atoms. The largest absolute Gasteiger partial charge is 0.372 e. The Labute approximate surface area is 113 Å². The number of aromatic nitrogens is 1. The van der Waals surface area contributed by atoms with Crippen molar-refractivity contribution in [3.8, 4) is 0 Å². The van der Waals surface area contributed by atoms with Gasteiger partial charge >= 0.3 is 0 Å². The van der Waals surface area contributed by atoms with Crippen molar-refractivity contribution in [1.29, 1.82) is 0 Å². The standard InChI is InChI=1S/C13H20ClN3O/c1-13(2)9-17(4-5-18-13)12-6-10(7-15-3)11(14)8-16-12/h6,8,15H,4-5,7,9H2,1-3H3. The summed E-state index contributed by atoms with van der Waals surface area (Å²) in [5, 5.41) is 3.82. The van der Waals surface area contributed by atoms with Gasteiger partial charge < -0.3 is 15.0 Å². The molecule has 1 aliphatic heterocycles. The van der Waals surface area contributed by atoms with Crippen LogP contribution < -0.4 is 10.2 Å². The highest BCUT2D eigenvalue weighted by Gasteiger charge is 2.28. The molecule has 0 aromatic carbocycles. The molecule has 0 spiro atoms. The average Bonchev–Trinajstić information content (AvgIpc) is 2.31. The van der Waals surface area contributed by atoms with Crippen LogP contribution in [-0.4, -0.2) is 37.3 Å². The number of nitrogens with zero attached hydrogens (tertiary/aromatic N) is 2. The van der Waals surface area contributed by atoms with Crippen LogP contribution in [0.2, 0.25) is 5.02 Å². The van der Waals surface area contributed by atoms with Crippen LogP contribution in [0, 0.1) is 0 Å². The SMILES string of the molecule is CNCc1cc(N2CCOC(C)(C)C2)ncc1Cl. The molecular formula is C13H20ClN3O. The van der Waals surface area contributed by atoms with Crippen molar-refractivity contribution in [3.05, 3.63) is 22.8 Å². The van der Waals surface area contributed by atoms with Gasteiger partial charge in [-0.1, -0.05) is 11.6 Å². The predicted molar refractivity (Wildman–Crippen MR) is 74.3 cm³/mol. The maximum Gasteiger partial charge on any atom is 0.129 e. The van der Waals surface area contributed by atoms with Crippen LogP contribution in [0.1, 0.15) is 19.4 Å². The average molecular weight is 270 g/mol. The lowest BCUT2D eigenvalue weighted by Gasteiger charge is -2.38. The fourth-order valence-electron chi connectivity index (χ4n) is 2.18. The third kappa shape index (κ3) is 3.13. The number of hydrogen-bond acceptors (Lipinski definition) is 4. The number of nitrogens with one attached hydrogen (secondary N) is 1. The zero-order valence-corrected chi connectivity index (χ0v) is 11.9. The molecule has 1 saturated heterocycles. The topological polar surface area (TPSA) is 37.4 Å². The van der Waals surface area contributed by atoms with E-state index in [1.165, 1.54) is 0 Å². The van der Waals surface area contributed by atoms with E-state index in [0.29, 0.717) is 5.02 Å². The minimum absolute atomic E-state index is 0.122. The molecular weight excluding hydrogens is 250 g/mol. The van der Waals surface area contributed by atoms with E-state index in [0.717, 1.165) is 37.6 Å². The zero-order valence-electron chi connectivity index (χ0n) is 11.2. The second-order valence-electron chi connectivity index (χ2n) is 5.19. The van der Waals surface area contributed by atoms with Gasteiger partial charge in [0.15, 0.2) is 0 Å². The molecule has 2 heterocycles. The van der Waals surface area contributed by atoms with Gasteiger partial charge in [-0.05, 0) is 32.5 Å². The van der Waals surface area contributed by atoms with Gasteiger partial charge in [0.1, 0.15) is 5.82 Å². The van der Waals surface area contributed by atoms with E-state index in [4.69, 9.17) is 16.3 Å². The summed E-state index contributed by atoms with van der Waals surface area (Å²) in [5.41, 5.74) is 0.955. The highest BCUT2D eigenvalue weighted by Crippen LogP contribution is 2.24. The summed E-state index contributed by atoms with van der Waals surface area (Å²) in [6.45, 7) is 7.41. The Hall–Kier alpha value is -0.840. The predicted octanol–water partition coefficient (Wildman–Crippen LogP) is 2.07. The van der Waals surface area contributed by atoms with Crippen LogP contribution in [0.4, 0.5) is 5.82 Å². The molecule has 18 heavy (non-hydrogen) atoms. The first-order valence-electron chi connectivity index (χ1n) is 6.20. The van der Waals surface area contributed by atoms with E-state index >= 15 is 0 Å². The van der Waals surface area contributed by atoms with Crippen LogP contribution >= 0.6 is 11.6 Å². The van der Waals surface area contributed by atoms with Gasteiger partial charge in [-0.2, -0.15) is 0 Å². The Balaban J connectivity index is 2.20. The molecule has 1 aromatic rings. The first-order chi connectivity index (χ1) is 8.52. The summed E-state index contributed by atoms with van der Waals surface area (Å²) in [6.07, 6.45) is 1.73. The molecule has 4 nitrogen and oxygen atoms in total. The Morgan fingerprint density at radius 2 is 2.33 bits per heavy atom. The minimum atomic E-state index is -0.122. The first-order valence-corrected chi connectivity index (χ1v) is 6.57. The van der Waals surface area contributed by atoms with Crippen molar-refractivity contribution in [1.82, 2.24) is 10.3 Å².